The molecular weight excluding hydrogens is 644 g/mol. The summed E-state index contributed by atoms with van der Waals surface area (Å²) in [5, 5.41) is 17.8. The number of amides is 4. The van der Waals surface area contributed by atoms with Crippen LogP contribution in [0.2, 0.25) is 0 Å². The van der Waals surface area contributed by atoms with Crippen LogP contribution in [0.3, 0.4) is 0 Å². The molecular formula is C35H66N8O7. The van der Waals surface area contributed by atoms with Crippen LogP contribution in [0, 0.1) is 17.8 Å². The van der Waals surface area contributed by atoms with Gasteiger partial charge in [-0.1, -0.05) is 40.0 Å². The topological polar surface area (TPSA) is 244 Å². The van der Waals surface area contributed by atoms with Gasteiger partial charge >= 0.3 is 0 Å². The van der Waals surface area contributed by atoms with Gasteiger partial charge in [-0.15, -0.1) is 0 Å². The molecule has 15 nitrogen and oxygen atoms in total. The van der Waals surface area contributed by atoms with Crippen LogP contribution < -0.4 is 43.4 Å². The van der Waals surface area contributed by atoms with Crippen LogP contribution in [-0.2, 0) is 33.6 Å². The van der Waals surface area contributed by atoms with Gasteiger partial charge in [0.15, 0.2) is 11.6 Å². The van der Waals surface area contributed by atoms with Crippen molar-refractivity contribution in [3.8, 4) is 0 Å². The molecule has 0 spiro atoms. The van der Waals surface area contributed by atoms with E-state index in [1.54, 1.807) is 6.92 Å². The molecule has 0 aromatic rings. The maximum Gasteiger partial charge on any atom is 0.222 e. The highest BCUT2D eigenvalue weighted by Crippen LogP contribution is 2.09. The first-order valence-electron chi connectivity index (χ1n) is 18.3. The Morgan fingerprint density at radius 2 is 0.960 bits per heavy atom. The summed E-state index contributed by atoms with van der Waals surface area (Å²) in [5.74, 6) is -1.32. The van der Waals surface area contributed by atoms with Gasteiger partial charge in [-0.2, -0.15) is 0 Å². The average molecular weight is 711 g/mol. The zero-order chi connectivity index (χ0) is 37.6. The van der Waals surface area contributed by atoms with Gasteiger partial charge in [0.2, 0.25) is 23.6 Å². The summed E-state index contributed by atoms with van der Waals surface area (Å²) in [6, 6.07) is 0. The minimum absolute atomic E-state index is 0.000652. The molecule has 3 atom stereocenters. The molecule has 4 amide bonds. The third kappa shape index (κ3) is 28.6. The van der Waals surface area contributed by atoms with Crippen molar-refractivity contribution < 1.29 is 33.6 Å². The minimum atomic E-state index is -0.296. The second-order valence-corrected chi connectivity index (χ2v) is 13.2. The molecule has 0 saturated carbocycles. The van der Waals surface area contributed by atoms with Crippen molar-refractivity contribution in [2.45, 2.75) is 104 Å². The smallest absolute Gasteiger partial charge is 0.222 e. The zero-order valence-corrected chi connectivity index (χ0v) is 30.8. The predicted octanol–water partition coefficient (Wildman–Crippen LogP) is 0.192. The van der Waals surface area contributed by atoms with E-state index < -0.39 is 0 Å². The van der Waals surface area contributed by atoms with Crippen molar-refractivity contribution in [2.75, 3.05) is 59.0 Å². The lowest BCUT2D eigenvalue weighted by Crippen LogP contribution is -2.38. The Bertz CT molecular complexity index is 1030. The first-order chi connectivity index (χ1) is 23.8. The molecule has 0 aliphatic rings. The highest BCUT2D eigenvalue weighted by molar-refractivity contribution is 5.87. The molecule has 0 fully saturated rings. The van der Waals surface area contributed by atoms with E-state index in [4.69, 9.17) is 11.5 Å². The van der Waals surface area contributed by atoms with Crippen molar-refractivity contribution in [2.24, 2.45) is 29.2 Å². The number of carbonyl (C=O) groups is 7. The van der Waals surface area contributed by atoms with E-state index in [1.807, 2.05) is 13.8 Å². The summed E-state index contributed by atoms with van der Waals surface area (Å²) < 4.78 is 0. The van der Waals surface area contributed by atoms with E-state index in [0.717, 1.165) is 64.3 Å². The lowest BCUT2D eigenvalue weighted by Gasteiger charge is -2.13. The minimum Gasteiger partial charge on any atom is -0.369 e. The Morgan fingerprint density at radius 3 is 1.56 bits per heavy atom. The number of nitrogens with two attached hydrogens (primary N) is 2. The van der Waals surface area contributed by atoms with E-state index in [2.05, 4.69) is 31.9 Å². The van der Waals surface area contributed by atoms with E-state index in [9.17, 15) is 33.6 Å². The van der Waals surface area contributed by atoms with E-state index in [-0.39, 0.29) is 104 Å². The average Bonchev–Trinajstić information content (AvgIpc) is 3.07. The molecule has 0 aliphatic carbocycles. The Kier molecular flexibility index (Phi) is 28.5. The highest BCUT2D eigenvalue weighted by atomic mass is 16.2. The van der Waals surface area contributed by atoms with Crippen molar-refractivity contribution >= 4 is 41.0 Å². The van der Waals surface area contributed by atoms with Crippen LogP contribution in [0.1, 0.15) is 104 Å². The number of unbranched alkanes of at least 4 members (excludes halogenated alkanes) is 3. The van der Waals surface area contributed by atoms with Gasteiger partial charge in [0, 0.05) is 56.8 Å². The quantitative estimate of drug-likeness (QED) is 0.0326. The van der Waals surface area contributed by atoms with Gasteiger partial charge < -0.3 is 38.1 Å². The molecule has 15 heteroatoms. The van der Waals surface area contributed by atoms with Crippen LogP contribution in [0.5, 0.6) is 0 Å². The number of nitrogens with one attached hydrogen (secondary N) is 6. The third-order valence-electron chi connectivity index (χ3n) is 8.40. The lowest BCUT2D eigenvalue weighted by atomic mass is 10.0. The largest absolute Gasteiger partial charge is 0.369 e. The zero-order valence-electron chi connectivity index (χ0n) is 30.8. The monoisotopic (exact) mass is 711 g/mol. The molecule has 0 saturated heterocycles. The second-order valence-electron chi connectivity index (χ2n) is 13.2. The van der Waals surface area contributed by atoms with Gasteiger partial charge in [-0.25, -0.2) is 0 Å². The summed E-state index contributed by atoms with van der Waals surface area (Å²) in [7, 11) is 0. The molecule has 10 N–H and O–H groups in total. The van der Waals surface area contributed by atoms with Gasteiger partial charge in [-0.3, -0.25) is 38.9 Å². The molecule has 0 aliphatic heterocycles. The summed E-state index contributed by atoms with van der Waals surface area (Å²) >= 11 is 0. The highest BCUT2D eigenvalue weighted by Gasteiger charge is 2.13. The standard InChI is InChI=1S/C35H66N8O7/c1-26(33(36)48)11-4-7-17-38-21-30(45)22-39-20-16-29(44)14-10-15-32(47)43-24-31(46)23-41-25-40-18-8-5-13-28(3)35(50)42-19-9-6-12-27(2)34(37)49/h26-28,38-41H,4-25H2,1-3H3,(H2,36,48)(H2,37,49)(H,42,50)(H,43,47)/t26?,27-,28+/m0/s1. The molecule has 50 heavy (non-hydrogen) atoms. The van der Waals surface area contributed by atoms with Crippen molar-refractivity contribution in [3.05, 3.63) is 0 Å². The third-order valence-corrected chi connectivity index (χ3v) is 8.40. The molecule has 0 bridgehead atoms. The van der Waals surface area contributed by atoms with Gasteiger partial charge in [0.1, 0.15) is 5.78 Å². The van der Waals surface area contributed by atoms with E-state index >= 15 is 0 Å². The van der Waals surface area contributed by atoms with Crippen LogP contribution in [0.4, 0.5) is 0 Å². The summed E-state index contributed by atoms with van der Waals surface area (Å²) in [6.45, 7) is 8.85. The Labute approximate surface area is 298 Å². The number of Topliss-reactive ketones (excluding diaryl/α,β-unsaturated/α-hetero) is 3. The molecule has 0 radical (unpaired) electrons. The lowest BCUT2D eigenvalue weighted by molar-refractivity contribution is -0.125. The number of rotatable bonds is 35. The van der Waals surface area contributed by atoms with E-state index in [1.165, 1.54) is 0 Å². The fraction of sp³-hybridized carbons (Fsp3) is 0.800. The molecule has 0 aromatic carbocycles. The number of carbonyl (C=O) groups excluding carboxylic acids is 7. The van der Waals surface area contributed by atoms with E-state index in [0.29, 0.717) is 32.7 Å². The van der Waals surface area contributed by atoms with Crippen molar-refractivity contribution in [1.29, 1.82) is 0 Å². The first-order valence-corrected chi connectivity index (χ1v) is 18.3. The number of ketones is 3. The Balaban J connectivity index is 3.65. The molecule has 0 rings (SSSR count). The Morgan fingerprint density at radius 1 is 0.460 bits per heavy atom. The summed E-state index contributed by atoms with van der Waals surface area (Å²) in [5.41, 5.74) is 10.5. The SMILES string of the molecule is CC(CCCCNCC(=O)CNCCC(=O)CCCC(=O)NCC(=O)CNCNCCCC[C@@H](C)C(=O)NCCCC[C@H](C)C(N)=O)C(N)=O. The molecule has 1 unspecified atom stereocenters. The van der Waals surface area contributed by atoms with Crippen LogP contribution in [0.25, 0.3) is 0 Å². The molecule has 0 aromatic heterocycles. The number of hydrogen-bond donors (Lipinski definition) is 8. The van der Waals surface area contributed by atoms with Crippen molar-refractivity contribution in [3.63, 3.8) is 0 Å². The number of hydrogen-bond acceptors (Lipinski definition) is 11. The van der Waals surface area contributed by atoms with Gasteiger partial charge in [0.25, 0.3) is 0 Å². The fourth-order valence-electron chi connectivity index (χ4n) is 4.82. The van der Waals surface area contributed by atoms with Crippen molar-refractivity contribution in [1.82, 2.24) is 31.9 Å². The maximum absolute atomic E-state index is 12.2. The van der Waals surface area contributed by atoms with Crippen LogP contribution >= 0.6 is 0 Å². The molecule has 288 valence electrons. The van der Waals surface area contributed by atoms with Crippen LogP contribution in [0.15, 0.2) is 0 Å². The first kappa shape index (κ1) is 46.7. The van der Waals surface area contributed by atoms with Gasteiger partial charge in [0.05, 0.1) is 26.2 Å². The molecule has 0 heterocycles. The van der Waals surface area contributed by atoms with Gasteiger partial charge in [-0.05, 0) is 58.0 Å². The normalized spacial score (nSPS) is 12.9. The second kappa shape index (κ2) is 30.5. The predicted molar refractivity (Wildman–Crippen MR) is 194 cm³/mol. The maximum atomic E-state index is 12.2. The Hall–Kier alpha value is -3.27. The fourth-order valence-corrected chi connectivity index (χ4v) is 4.82. The van der Waals surface area contributed by atoms with Crippen LogP contribution in [-0.4, -0.2) is 100 Å². The summed E-state index contributed by atoms with van der Waals surface area (Å²) in [4.78, 5) is 82.3. The number of primary amides is 2. The summed E-state index contributed by atoms with van der Waals surface area (Å²) in [6.07, 6.45) is 8.51.